The fraction of sp³-hybridized carbons (Fsp3) is 0.333. The van der Waals surface area contributed by atoms with E-state index in [2.05, 4.69) is 22.4 Å². The molecule has 0 unspecified atom stereocenters. The number of amides is 1. The molecule has 1 heterocycles. The van der Waals surface area contributed by atoms with Crippen LogP contribution in [0.1, 0.15) is 17.8 Å². The van der Waals surface area contributed by atoms with Crippen molar-refractivity contribution in [2.75, 3.05) is 6.54 Å². The summed E-state index contributed by atoms with van der Waals surface area (Å²) < 4.78 is 1.48. The summed E-state index contributed by atoms with van der Waals surface area (Å²) in [5.74, 6) is 0.0315. The van der Waals surface area contributed by atoms with Crippen LogP contribution in [0.3, 0.4) is 0 Å². The average Bonchev–Trinajstić information content (AvgIpc) is 2.86. The number of benzene rings is 1. The minimum Gasteiger partial charge on any atom is -0.358 e. The van der Waals surface area contributed by atoms with Crippen molar-refractivity contribution in [1.82, 2.24) is 14.9 Å². The van der Waals surface area contributed by atoms with Crippen LogP contribution in [-0.2, 0) is 17.8 Å². The third-order valence-electron chi connectivity index (χ3n) is 3.27. The van der Waals surface area contributed by atoms with Crippen molar-refractivity contribution in [2.24, 2.45) is 0 Å². The quantitative estimate of drug-likeness (QED) is 0.480. The third kappa shape index (κ3) is 4.41. The molecular weight excluding hydrogens is 284 g/mol. The van der Waals surface area contributed by atoms with Gasteiger partial charge in [0, 0.05) is 13.5 Å². The normalized spacial score (nSPS) is 10.4. The van der Waals surface area contributed by atoms with Gasteiger partial charge in [0.05, 0.1) is 0 Å². The van der Waals surface area contributed by atoms with Gasteiger partial charge in [-0.05, 0) is 28.3 Å². The van der Waals surface area contributed by atoms with Gasteiger partial charge in [0.15, 0.2) is 0 Å². The number of hydrogen-bond acceptors (Lipinski definition) is 4. The van der Waals surface area contributed by atoms with Gasteiger partial charge in [0.25, 0.3) is 0 Å². The van der Waals surface area contributed by atoms with Crippen molar-refractivity contribution < 1.29 is 9.72 Å². The summed E-state index contributed by atoms with van der Waals surface area (Å²) in [5, 5.41) is 13.4. The standard InChI is InChI=1S/C15H18N4O3/c1-12-17-14(19(21)22)10-18(12)11-15(20)16-9-5-8-13-6-3-2-4-7-13/h2-4,6-7,10H,5,8-9,11H2,1H3,(H,16,20). The van der Waals surface area contributed by atoms with E-state index in [4.69, 9.17) is 0 Å². The molecule has 1 N–H and O–H groups in total. The van der Waals surface area contributed by atoms with Gasteiger partial charge >= 0.3 is 5.82 Å². The molecule has 0 aliphatic rings. The van der Waals surface area contributed by atoms with Crippen molar-refractivity contribution in [3.05, 3.63) is 58.0 Å². The summed E-state index contributed by atoms with van der Waals surface area (Å²) in [6, 6.07) is 10.1. The van der Waals surface area contributed by atoms with Crippen molar-refractivity contribution in [3.8, 4) is 0 Å². The lowest BCUT2D eigenvalue weighted by Crippen LogP contribution is -2.28. The fourth-order valence-electron chi connectivity index (χ4n) is 2.12. The van der Waals surface area contributed by atoms with Gasteiger partial charge < -0.3 is 15.4 Å². The molecule has 0 aliphatic carbocycles. The zero-order chi connectivity index (χ0) is 15.9. The molecule has 2 rings (SSSR count). The minimum atomic E-state index is -0.568. The summed E-state index contributed by atoms with van der Waals surface area (Å²) in [6.07, 6.45) is 3.02. The Morgan fingerprint density at radius 3 is 2.73 bits per heavy atom. The molecule has 0 radical (unpaired) electrons. The molecule has 0 atom stereocenters. The van der Waals surface area contributed by atoms with Gasteiger partial charge in [-0.25, -0.2) is 0 Å². The van der Waals surface area contributed by atoms with Crippen LogP contribution >= 0.6 is 0 Å². The van der Waals surface area contributed by atoms with Gasteiger partial charge in [0.2, 0.25) is 11.7 Å². The number of aromatic nitrogens is 2. The van der Waals surface area contributed by atoms with Crippen LogP contribution in [0.5, 0.6) is 0 Å². The second-order valence-corrected chi connectivity index (χ2v) is 4.97. The van der Waals surface area contributed by atoms with E-state index in [1.54, 1.807) is 6.92 Å². The molecule has 0 spiro atoms. The second kappa shape index (κ2) is 7.35. The third-order valence-corrected chi connectivity index (χ3v) is 3.27. The minimum absolute atomic E-state index is 0.0397. The van der Waals surface area contributed by atoms with Gasteiger partial charge in [-0.3, -0.25) is 9.36 Å². The van der Waals surface area contributed by atoms with E-state index in [1.807, 2.05) is 18.2 Å². The maximum atomic E-state index is 11.8. The van der Waals surface area contributed by atoms with Crippen molar-refractivity contribution in [2.45, 2.75) is 26.3 Å². The molecule has 0 bridgehead atoms. The highest BCUT2D eigenvalue weighted by molar-refractivity contribution is 5.75. The zero-order valence-electron chi connectivity index (χ0n) is 12.4. The number of carbonyl (C=O) groups excluding carboxylic acids is 1. The van der Waals surface area contributed by atoms with Crippen LogP contribution in [0.15, 0.2) is 36.5 Å². The second-order valence-electron chi connectivity index (χ2n) is 4.97. The summed E-state index contributed by atoms with van der Waals surface area (Å²) in [7, 11) is 0. The average molecular weight is 302 g/mol. The first-order chi connectivity index (χ1) is 10.6. The Labute approximate surface area is 128 Å². The molecule has 0 aliphatic heterocycles. The topological polar surface area (TPSA) is 90.1 Å². The number of nitrogens with zero attached hydrogens (tertiary/aromatic N) is 3. The van der Waals surface area contributed by atoms with E-state index in [-0.39, 0.29) is 18.3 Å². The molecule has 0 saturated carbocycles. The first kappa shape index (κ1) is 15.7. The van der Waals surface area contributed by atoms with Crippen LogP contribution in [0.2, 0.25) is 0 Å². The number of nitro groups is 1. The van der Waals surface area contributed by atoms with Gasteiger partial charge in [-0.1, -0.05) is 30.3 Å². The molecule has 1 amide bonds. The summed E-state index contributed by atoms with van der Waals surface area (Å²) in [4.78, 5) is 25.7. The number of nitrogens with one attached hydrogen (secondary N) is 1. The summed E-state index contributed by atoms with van der Waals surface area (Å²) in [6.45, 7) is 2.25. The van der Waals surface area contributed by atoms with Crippen LogP contribution in [0.4, 0.5) is 5.82 Å². The summed E-state index contributed by atoms with van der Waals surface area (Å²) >= 11 is 0. The van der Waals surface area contributed by atoms with Crippen LogP contribution in [0, 0.1) is 17.0 Å². The van der Waals surface area contributed by atoms with E-state index in [0.29, 0.717) is 12.4 Å². The van der Waals surface area contributed by atoms with E-state index >= 15 is 0 Å². The Morgan fingerprint density at radius 2 is 2.09 bits per heavy atom. The molecular formula is C15H18N4O3. The number of hydrogen-bond donors (Lipinski definition) is 1. The smallest absolute Gasteiger partial charge is 0.358 e. The lowest BCUT2D eigenvalue weighted by molar-refractivity contribution is -0.389. The predicted molar refractivity (Wildman–Crippen MR) is 81.4 cm³/mol. The molecule has 7 heteroatoms. The van der Waals surface area contributed by atoms with Crippen LogP contribution < -0.4 is 5.32 Å². The maximum Gasteiger partial charge on any atom is 0.381 e. The van der Waals surface area contributed by atoms with Crippen molar-refractivity contribution >= 4 is 11.7 Å². The first-order valence-corrected chi connectivity index (χ1v) is 7.05. The first-order valence-electron chi connectivity index (χ1n) is 7.05. The lowest BCUT2D eigenvalue weighted by Gasteiger charge is -2.06. The number of aryl methyl sites for hydroxylation is 2. The molecule has 0 saturated heterocycles. The van der Waals surface area contributed by atoms with Gasteiger partial charge in [0.1, 0.15) is 12.7 Å². The van der Waals surface area contributed by atoms with E-state index in [9.17, 15) is 14.9 Å². The van der Waals surface area contributed by atoms with Gasteiger partial charge in [-0.2, -0.15) is 0 Å². The maximum absolute atomic E-state index is 11.8. The molecule has 22 heavy (non-hydrogen) atoms. The van der Waals surface area contributed by atoms with Crippen LogP contribution in [0.25, 0.3) is 0 Å². The highest BCUT2D eigenvalue weighted by Crippen LogP contribution is 2.09. The molecule has 2 aromatic rings. The Balaban J connectivity index is 1.75. The Bertz CT molecular complexity index is 652. The summed E-state index contributed by atoms with van der Waals surface area (Å²) in [5.41, 5.74) is 1.23. The predicted octanol–water partition coefficient (Wildman–Crippen LogP) is 1.85. The molecule has 116 valence electrons. The lowest BCUT2D eigenvalue weighted by atomic mass is 10.1. The van der Waals surface area contributed by atoms with Gasteiger partial charge in [-0.15, -0.1) is 0 Å². The van der Waals surface area contributed by atoms with Crippen LogP contribution in [-0.4, -0.2) is 26.9 Å². The van der Waals surface area contributed by atoms with E-state index in [1.165, 1.54) is 16.3 Å². The SMILES string of the molecule is Cc1nc([N+](=O)[O-])cn1CC(=O)NCCCc1ccccc1. The number of carbonyl (C=O) groups is 1. The Hall–Kier alpha value is -2.70. The zero-order valence-corrected chi connectivity index (χ0v) is 12.4. The van der Waals surface area contributed by atoms with E-state index in [0.717, 1.165) is 12.8 Å². The number of rotatable bonds is 7. The van der Waals surface area contributed by atoms with Crippen molar-refractivity contribution in [3.63, 3.8) is 0 Å². The highest BCUT2D eigenvalue weighted by atomic mass is 16.6. The van der Waals surface area contributed by atoms with E-state index < -0.39 is 4.92 Å². The largest absolute Gasteiger partial charge is 0.381 e. The fourth-order valence-corrected chi connectivity index (χ4v) is 2.12. The monoisotopic (exact) mass is 302 g/mol. The molecule has 7 nitrogen and oxygen atoms in total. The van der Waals surface area contributed by atoms with Crippen molar-refractivity contribution in [1.29, 1.82) is 0 Å². The molecule has 0 fully saturated rings. The molecule has 1 aromatic carbocycles. The number of imidazole rings is 1. The molecule has 1 aromatic heterocycles. The Kier molecular flexibility index (Phi) is 5.24. The highest BCUT2D eigenvalue weighted by Gasteiger charge is 2.16. The Morgan fingerprint density at radius 1 is 1.36 bits per heavy atom.